The Morgan fingerprint density at radius 2 is 1.85 bits per heavy atom. The van der Waals surface area contributed by atoms with Gasteiger partial charge in [-0.3, -0.25) is 9.78 Å². The third-order valence-corrected chi connectivity index (χ3v) is 5.50. The van der Waals surface area contributed by atoms with Crippen molar-refractivity contribution in [2.24, 2.45) is 0 Å². The molecule has 1 N–H and O–H groups in total. The van der Waals surface area contributed by atoms with Gasteiger partial charge in [0.05, 0.1) is 5.52 Å². The van der Waals surface area contributed by atoms with E-state index in [0.717, 1.165) is 46.4 Å². The zero-order valence-electron chi connectivity index (χ0n) is 14.8. The molecule has 128 valence electrons. The Labute approximate surface area is 152 Å². The molecule has 0 saturated carbocycles. The molecule has 3 aromatic rings. The van der Waals surface area contributed by atoms with Crippen LogP contribution in [0.1, 0.15) is 42.0 Å². The van der Waals surface area contributed by atoms with E-state index in [1.165, 1.54) is 11.1 Å². The lowest BCUT2D eigenvalue weighted by Crippen LogP contribution is -2.27. The molecule has 1 aliphatic carbocycles. The van der Waals surface area contributed by atoms with Crippen LogP contribution in [0.15, 0.2) is 65.9 Å². The highest BCUT2D eigenvalue weighted by molar-refractivity contribution is 6.03. The number of Topliss-reactive ketones (excluding diaryl/α,β-unsaturated/α-hetero) is 1. The summed E-state index contributed by atoms with van der Waals surface area (Å²) < 4.78 is 0. The van der Waals surface area contributed by atoms with Crippen molar-refractivity contribution in [2.75, 3.05) is 5.32 Å². The number of allylic oxidation sites excluding steroid dienone is 2. The Hall–Kier alpha value is -2.94. The van der Waals surface area contributed by atoms with E-state index in [1.807, 2.05) is 13.0 Å². The molecule has 0 radical (unpaired) electrons. The van der Waals surface area contributed by atoms with Crippen molar-refractivity contribution in [3.05, 3.63) is 82.7 Å². The number of carbonyl (C=O) groups is 1. The minimum Gasteiger partial charge on any atom is -0.358 e. The molecule has 0 saturated heterocycles. The molecule has 26 heavy (non-hydrogen) atoms. The summed E-state index contributed by atoms with van der Waals surface area (Å²) in [4.78, 5) is 17.6. The van der Waals surface area contributed by atoms with Gasteiger partial charge in [0, 0.05) is 40.4 Å². The lowest BCUT2D eigenvalue weighted by atomic mass is 9.74. The van der Waals surface area contributed by atoms with E-state index >= 15 is 0 Å². The zero-order chi connectivity index (χ0) is 17.7. The van der Waals surface area contributed by atoms with E-state index in [1.54, 1.807) is 0 Å². The molecule has 1 aromatic heterocycles. The minimum atomic E-state index is -0.0246. The first-order valence-electron chi connectivity index (χ1n) is 9.21. The molecular formula is C23H20N2O. The molecule has 1 atom stereocenters. The Balaban J connectivity index is 1.84. The first-order valence-corrected chi connectivity index (χ1v) is 9.21. The minimum absolute atomic E-state index is 0.0246. The maximum Gasteiger partial charge on any atom is 0.161 e. The zero-order valence-corrected chi connectivity index (χ0v) is 14.8. The number of ketones is 1. The van der Waals surface area contributed by atoms with Crippen molar-refractivity contribution in [1.29, 1.82) is 0 Å². The molecule has 3 heteroatoms. The highest BCUT2D eigenvalue weighted by Gasteiger charge is 2.36. The van der Waals surface area contributed by atoms with Crippen LogP contribution in [0.25, 0.3) is 10.9 Å². The number of aryl methyl sites for hydroxylation is 1. The second kappa shape index (κ2) is 5.80. The molecule has 2 heterocycles. The summed E-state index contributed by atoms with van der Waals surface area (Å²) in [6, 6.07) is 18.8. The normalized spacial score (nSPS) is 19.1. The van der Waals surface area contributed by atoms with Crippen molar-refractivity contribution >= 4 is 22.4 Å². The molecule has 0 amide bonds. The number of hydrogen-bond acceptors (Lipinski definition) is 3. The second-order valence-corrected chi connectivity index (χ2v) is 7.18. The van der Waals surface area contributed by atoms with E-state index in [0.29, 0.717) is 6.42 Å². The van der Waals surface area contributed by atoms with Crippen LogP contribution < -0.4 is 5.32 Å². The molecule has 5 rings (SSSR count). The number of fused-ring (bicyclic) bond motifs is 3. The van der Waals surface area contributed by atoms with Gasteiger partial charge in [-0.15, -0.1) is 0 Å². The maximum atomic E-state index is 12.9. The van der Waals surface area contributed by atoms with E-state index in [4.69, 9.17) is 4.98 Å². The first kappa shape index (κ1) is 15.3. The number of benzene rings is 2. The van der Waals surface area contributed by atoms with Crippen LogP contribution in [0.5, 0.6) is 0 Å². The lowest BCUT2D eigenvalue weighted by molar-refractivity contribution is -0.116. The van der Waals surface area contributed by atoms with E-state index < -0.39 is 0 Å². The predicted molar refractivity (Wildman–Crippen MR) is 104 cm³/mol. The van der Waals surface area contributed by atoms with E-state index in [9.17, 15) is 4.79 Å². The number of nitrogens with one attached hydrogen (secondary N) is 1. The number of carbonyl (C=O) groups excluding carboxylic acids is 1. The monoisotopic (exact) mass is 340 g/mol. The summed E-state index contributed by atoms with van der Waals surface area (Å²) in [5.41, 5.74) is 7.49. The molecule has 0 spiro atoms. The molecule has 1 aliphatic heterocycles. The Bertz CT molecular complexity index is 1070. The van der Waals surface area contributed by atoms with Gasteiger partial charge < -0.3 is 5.32 Å². The standard InChI is InChI=1S/C23H20N2O/c1-14-10-11-16-17(24-14)12-13-19-22(16)21(15-6-3-2-4-7-15)23-18(25-19)8-5-9-20(23)26/h2-4,6-7,10-13,21,25H,5,8-9H2,1H3. The van der Waals surface area contributed by atoms with Gasteiger partial charge in [0.2, 0.25) is 0 Å². The fourth-order valence-electron chi connectivity index (χ4n) is 4.36. The quantitative estimate of drug-likeness (QED) is 0.669. The lowest BCUT2D eigenvalue weighted by Gasteiger charge is -2.34. The van der Waals surface area contributed by atoms with Crippen LogP contribution in [-0.4, -0.2) is 10.8 Å². The summed E-state index contributed by atoms with van der Waals surface area (Å²) in [6.45, 7) is 2.01. The third kappa shape index (κ3) is 2.27. The molecule has 1 unspecified atom stereocenters. The molecule has 0 bridgehead atoms. The molecule has 0 fully saturated rings. The number of aromatic nitrogens is 1. The molecule has 2 aliphatic rings. The van der Waals surface area contributed by atoms with Crippen LogP contribution in [0, 0.1) is 6.92 Å². The Kier molecular flexibility index (Phi) is 3.42. The molecule has 2 aromatic carbocycles. The van der Waals surface area contributed by atoms with Crippen molar-refractivity contribution in [2.45, 2.75) is 32.1 Å². The smallest absolute Gasteiger partial charge is 0.161 e. The Morgan fingerprint density at radius 1 is 1.00 bits per heavy atom. The third-order valence-electron chi connectivity index (χ3n) is 5.50. The van der Waals surface area contributed by atoms with Crippen LogP contribution in [0.3, 0.4) is 0 Å². The van der Waals surface area contributed by atoms with Crippen LogP contribution >= 0.6 is 0 Å². The van der Waals surface area contributed by atoms with Crippen molar-refractivity contribution in [1.82, 2.24) is 4.98 Å². The van der Waals surface area contributed by atoms with Gasteiger partial charge >= 0.3 is 0 Å². The fraction of sp³-hybridized carbons (Fsp3) is 0.217. The summed E-state index contributed by atoms with van der Waals surface area (Å²) in [5.74, 6) is 0.249. The van der Waals surface area contributed by atoms with Crippen LogP contribution in [0.2, 0.25) is 0 Å². The molecular weight excluding hydrogens is 320 g/mol. The topological polar surface area (TPSA) is 42.0 Å². The van der Waals surface area contributed by atoms with Gasteiger partial charge in [-0.1, -0.05) is 36.4 Å². The SMILES string of the molecule is Cc1ccc2c3c(ccc2n1)NC1=C(C(=O)CCC1)C3c1ccccc1. The Morgan fingerprint density at radius 3 is 2.69 bits per heavy atom. The maximum absolute atomic E-state index is 12.9. The van der Waals surface area contributed by atoms with Crippen molar-refractivity contribution in [3.63, 3.8) is 0 Å². The average Bonchev–Trinajstić information content (AvgIpc) is 2.67. The number of pyridine rings is 1. The highest BCUT2D eigenvalue weighted by atomic mass is 16.1. The fourth-order valence-corrected chi connectivity index (χ4v) is 4.36. The van der Waals surface area contributed by atoms with Gasteiger partial charge in [0.15, 0.2) is 5.78 Å². The van der Waals surface area contributed by atoms with Crippen LogP contribution in [-0.2, 0) is 4.79 Å². The predicted octanol–water partition coefficient (Wildman–Crippen LogP) is 5.11. The van der Waals surface area contributed by atoms with Gasteiger partial charge in [-0.2, -0.15) is 0 Å². The largest absolute Gasteiger partial charge is 0.358 e. The van der Waals surface area contributed by atoms with Gasteiger partial charge in [0.1, 0.15) is 0 Å². The van der Waals surface area contributed by atoms with Gasteiger partial charge in [-0.25, -0.2) is 0 Å². The van der Waals surface area contributed by atoms with Gasteiger partial charge in [0.25, 0.3) is 0 Å². The number of anilines is 1. The average molecular weight is 340 g/mol. The number of hydrogen-bond donors (Lipinski definition) is 1. The summed E-state index contributed by atoms with van der Waals surface area (Å²) in [7, 11) is 0. The highest BCUT2D eigenvalue weighted by Crippen LogP contribution is 2.47. The summed E-state index contributed by atoms with van der Waals surface area (Å²) in [6.07, 6.45) is 2.51. The summed E-state index contributed by atoms with van der Waals surface area (Å²) in [5, 5.41) is 4.69. The number of rotatable bonds is 1. The summed E-state index contributed by atoms with van der Waals surface area (Å²) >= 11 is 0. The van der Waals surface area contributed by atoms with E-state index in [2.05, 4.69) is 53.8 Å². The van der Waals surface area contributed by atoms with E-state index in [-0.39, 0.29) is 11.7 Å². The van der Waals surface area contributed by atoms with Gasteiger partial charge in [-0.05, 0) is 49.1 Å². The second-order valence-electron chi connectivity index (χ2n) is 7.18. The number of nitrogens with zero attached hydrogens (tertiary/aromatic N) is 1. The van der Waals surface area contributed by atoms with Crippen LogP contribution in [0.4, 0.5) is 5.69 Å². The first-order chi connectivity index (χ1) is 12.7. The van der Waals surface area contributed by atoms with Crippen molar-refractivity contribution in [3.8, 4) is 0 Å². The van der Waals surface area contributed by atoms with Crippen molar-refractivity contribution < 1.29 is 4.79 Å². The molecule has 3 nitrogen and oxygen atoms in total.